The van der Waals surface area contributed by atoms with Crippen molar-refractivity contribution in [1.29, 1.82) is 0 Å². The average molecular weight is 334 g/mol. The minimum absolute atomic E-state index is 0.235. The molecule has 24 heavy (non-hydrogen) atoms. The summed E-state index contributed by atoms with van der Waals surface area (Å²) < 4.78 is 0. The summed E-state index contributed by atoms with van der Waals surface area (Å²) in [4.78, 5) is 17.4. The van der Waals surface area contributed by atoms with Gasteiger partial charge in [-0.3, -0.25) is 4.79 Å². The molecule has 1 spiro atoms. The number of amides is 1. The Labute approximate surface area is 147 Å². The standard InChI is InChI=1S/C20H35N3O/c21-20(9-10-20)18(24)23-14-11-19(16-23)8-4-12-22(15-19)13-7-17-5-2-1-3-6-17/h17H,1-16,21H2. The fourth-order valence-electron chi connectivity index (χ4n) is 5.45. The molecule has 2 aliphatic carbocycles. The Balaban J connectivity index is 1.29. The Bertz CT molecular complexity index is 470. The number of rotatable bonds is 4. The quantitative estimate of drug-likeness (QED) is 0.860. The number of hydrogen-bond donors (Lipinski definition) is 1. The normalized spacial score (nSPS) is 34.0. The molecule has 2 N–H and O–H groups in total. The van der Waals surface area contributed by atoms with Crippen LogP contribution in [0.1, 0.15) is 70.6 Å². The highest BCUT2D eigenvalue weighted by molar-refractivity contribution is 5.89. The molecule has 4 rings (SSSR count). The summed E-state index contributed by atoms with van der Waals surface area (Å²) in [7, 11) is 0. The molecule has 0 bridgehead atoms. The van der Waals surface area contributed by atoms with Crippen LogP contribution in [0.25, 0.3) is 0 Å². The molecule has 1 unspecified atom stereocenters. The Morgan fingerprint density at radius 2 is 1.75 bits per heavy atom. The van der Waals surface area contributed by atoms with Crippen LogP contribution in [0.5, 0.6) is 0 Å². The zero-order chi connectivity index (χ0) is 16.6. The summed E-state index contributed by atoms with van der Waals surface area (Å²) in [6.07, 6.45) is 14.2. The van der Waals surface area contributed by atoms with E-state index in [2.05, 4.69) is 9.80 Å². The molecule has 4 fully saturated rings. The van der Waals surface area contributed by atoms with Gasteiger partial charge in [-0.15, -0.1) is 0 Å². The van der Waals surface area contributed by atoms with Crippen molar-refractivity contribution in [3.05, 3.63) is 0 Å². The fraction of sp³-hybridized carbons (Fsp3) is 0.950. The van der Waals surface area contributed by atoms with Gasteiger partial charge in [0.15, 0.2) is 0 Å². The molecule has 0 radical (unpaired) electrons. The van der Waals surface area contributed by atoms with Crippen LogP contribution in [0.15, 0.2) is 0 Å². The number of nitrogens with zero attached hydrogens (tertiary/aromatic N) is 2. The maximum absolute atomic E-state index is 12.6. The predicted octanol–water partition coefficient (Wildman–Crippen LogP) is 2.76. The van der Waals surface area contributed by atoms with E-state index >= 15 is 0 Å². The molecule has 0 aromatic heterocycles. The van der Waals surface area contributed by atoms with Crippen LogP contribution in [-0.2, 0) is 4.79 Å². The van der Waals surface area contributed by atoms with Crippen LogP contribution < -0.4 is 5.73 Å². The van der Waals surface area contributed by atoms with Crippen LogP contribution in [0.4, 0.5) is 0 Å². The van der Waals surface area contributed by atoms with Crippen molar-refractivity contribution >= 4 is 5.91 Å². The van der Waals surface area contributed by atoms with Gasteiger partial charge in [0, 0.05) is 25.0 Å². The van der Waals surface area contributed by atoms with Crippen molar-refractivity contribution in [3.8, 4) is 0 Å². The molecule has 1 amide bonds. The lowest BCUT2D eigenvalue weighted by atomic mass is 9.79. The highest BCUT2D eigenvalue weighted by Crippen LogP contribution is 2.42. The molecule has 4 heteroatoms. The lowest BCUT2D eigenvalue weighted by molar-refractivity contribution is -0.133. The monoisotopic (exact) mass is 333 g/mol. The van der Waals surface area contributed by atoms with Crippen LogP contribution in [0.3, 0.4) is 0 Å². The molecular formula is C20H35N3O. The van der Waals surface area contributed by atoms with Crippen LogP contribution in [0, 0.1) is 11.3 Å². The molecule has 0 aromatic rings. The Morgan fingerprint density at radius 1 is 0.958 bits per heavy atom. The summed E-state index contributed by atoms with van der Waals surface area (Å²) in [6.45, 7) is 5.66. The van der Waals surface area contributed by atoms with Crippen LogP contribution in [-0.4, -0.2) is 54.0 Å². The first-order chi connectivity index (χ1) is 11.6. The minimum Gasteiger partial charge on any atom is -0.340 e. The molecule has 136 valence electrons. The molecular weight excluding hydrogens is 298 g/mol. The smallest absolute Gasteiger partial charge is 0.242 e. The van der Waals surface area contributed by atoms with Crippen LogP contribution >= 0.6 is 0 Å². The van der Waals surface area contributed by atoms with Gasteiger partial charge in [-0.2, -0.15) is 0 Å². The summed E-state index contributed by atoms with van der Waals surface area (Å²) in [5, 5.41) is 0. The molecule has 4 nitrogen and oxygen atoms in total. The third-order valence-corrected chi connectivity index (χ3v) is 7.26. The molecule has 2 aliphatic heterocycles. The molecule has 2 saturated carbocycles. The first-order valence-electron chi connectivity index (χ1n) is 10.4. The Morgan fingerprint density at radius 3 is 2.50 bits per heavy atom. The van der Waals surface area contributed by atoms with Gasteiger partial charge >= 0.3 is 0 Å². The second-order valence-electron chi connectivity index (χ2n) is 9.31. The second-order valence-corrected chi connectivity index (χ2v) is 9.31. The highest BCUT2D eigenvalue weighted by atomic mass is 16.2. The number of carbonyl (C=O) groups excluding carboxylic acids is 1. The topological polar surface area (TPSA) is 49.6 Å². The van der Waals surface area contributed by atoms with Gasteiger partial charge in [-0.25, -0.2) is 0 Å². The lowest BCUT2D eigenvalue weighted by Crippen LogP contribution is -2.48. The lowest BCUT2D eigenvalue weighted by Gasteiger charge is -2.41. The zero-order valence-corrected chi connectivity index (χ0v) is 15.3. The van der Waals surface area contributed by atoms with Gasteiger partial charge in [-0.05, 0) is 57.5 Å². The van der Waals surface area contributed by atoms with Gasteiger partial charge in [0.2, 0.25) is 5.91 Å². The molecule has 2 saturated heterocycles. The molecule has 2 heterocycles. The van der Waals surface area contributed by atoms with E-state index in [9.17, 15) is 4.79 Å². The first-order valence-corrected chi connectivity index (χ1v) is 10.4. The van der Waals surface area contributed by atoms with Gasteiger partial charge in [0.05, 0.1) is 5.54 Å². The van der Waals surface area contributed by atoms with E-state index in [1.165, 1.54) is 77.4 Å². The Hall–Kier alpha value is -0.610. The van der Waals surface area contributed by atoms with Gasteiger partial charge in [0.25, 0.3) is 0 Å². The van der Waals surface area contributed by atoms with E-state index in [-0.39, 0.29) is 5.91 Å². The maximum atomic E-state index is 12.6. The largest absolute Gasteiger partial charge is 0.340 e. The van der Waals surface area contributed by atoms with Crippen molar-refractivity contribution < 1.29 is 4.79 Å². The third-order valence-electron chi connectivity index (χ3n) is 7.26. The summed E-state index contributed by atoms with van der Waals surface area (Å²) in [5.41, 5.74) is 6.03. The predicted molar refractivity (Wildman–Crippen MR) is 96.6 cm³/mol. The minimum atomic E-state index is -0.485. The highest BCUT2D eigenvalue weighted by Gasteiger charge is 2.51. The first kappa shape index (κ1) is 16.8. The van der Waals surface area contributed by atoms with E-state index in [1.807, 2.05) is 0 Å². The van der Waals surface area contributed by atoms with E-state index < -0.39 is 5.54 Å². The van der Waals surface area contributed by atoms with E-state index in [4.69, 9.17) is 5.73 Å². The van der Waals surface area contributed by atoms with E-state index in [1.54, 1.807) is 0 Å². The second kappa shape index (κ2) is 6.60. The van der Waals surface area contributed by atoms with Crippen molar-refractivity contribution in [3.63, 3.8) is 0 Å². The number of hydrogen-bond acceptors (Lipinski definition) is 3. The number of nitrogens with two attached hydrogens (primary N) is 1. The average Bonchev–Trinajstić information content (AvgIpc) is 3.24. The van der Waals surface area contributed by atoms with Crippen molar-refractivity contribution in [1.82, 2.24) is 9.80 Å². The van der Waals surface area contributed by atoms with Crippen molar-refractivity contribution in [2.24, 2.45) is 17.1 Å². The Kier molecular flexibility index (Phi) is 4.63. The number of likely N-dealkylation sites (tertiary alicyclic amines) is 2. The number of piperidine rings is 1. The van der Waals surface area contributed by atoms with Gasteiger partial charge < -0.3 is 15.5 Å². The summed E-state index contributed by atoms with van der Waals surface area (Å²) in [6, 6.07) is 0. The maximum Gasteiger partial charge on any atom is 0.242 e. The molecule has 1 atom stereocenters. The van der Waals surface area contributed by atoms with Gasteiger partial charge in [-0.1, -0.05) is 32.1 Å². The van der Waals surface area contributed by atoms with Crippen molar-refractivity contribution in [2.45, 2.75) is 76.2 Å². The molecule has 4 aliphatic rings. The molecule has 0 aromatic carbocycles. The fourth-order valence-corrected chi connectivity index (χ4v) is 5.45. The van der Waals surface area contributed by atoms with E-state index in [0.29, 0.717) is 5.41 Å². The summed E-state index contributed by atoms with van der Waals surface area (Å²) >= 11 is 0. The van der Waals surface area contributed by atoms with Crippen LogP contribution in [0.2, 0.25) is 0 Å². The van der Waals surface area contributed by atoms with E-state index in [0.717, 1.165) is 31.8 Å². The third kappa shape index (κ3) is 3.50. The van der Waals surface area contributed by atoms with Crippen molar-refractivity contribution in [2.75, 3.05) is 32.7 Å². The zero-order valence-electron chi connectivity index (χ0n) is 15.3. The SMILES string of the molecule is NC1(C(=O)N2CCC3(CCCN(CCC4CCCCC4)C3)C2)CC1. The van der Waals surface area contributed by atoms with Gasteiger partial charge in [0.1, 0.15) is 0 Å². The summed E-state index contributed by atoms with van der Waals surface area (Å²) in [5.74, 6) is 1.21. The number of carbonyl (C=O) groups is 1.